The van der Waals surface area contributed by atoms with Crippen molar-refractivity contribution < 1.29 is 0 Å². The third-order valence-corrected chi connectivity index (χ3v) is 3.96. The first-order valence-corrected chi connectivity index (χ1v) is 7.71. The summed E-state index contributed by atoms with van der Waals surface area (Å²) in [4.78, 5) is 0. The van der Waals surface area contributed by atoms with Gasteiger partial charge in [-0.1, -0.05) is 20.8 Å². The lowest BCUT2D eigenvalue weighted by Gasteiger charge is -2.22. The molecule has 0 saturated heterocycles. The highest BCUT2D eigenvalue weighted by Gasteiger charge is 2.16. The Morgan fingerprint density at radius 2 is 2.00 bits per heavy atom. The average molecular weight is 316 g/mol. The van der Waals surface area contributed by atoms with Crippen LogP contribution in [0.2, 0.25) is 0 Å². The summed E-state index contributed by atoms with van der Waals surface area (Å²) < 4.78 is 3.25. The minimum atomic E-state index is 0.419. The van der Waals surface area contributed by atoms with Gasteiger partial charge in [-0.15, -0.1) is 0 Å². The van der Waals surface area contributed by atoms with E-state index in [4.69, 9.17) is 0 Å². The lowest BCUT2D eigenvalue weighted by Crippen LogP contribution is -2.34. The summed E-state index contributed by atoms with van der Waals surface area (Å²) in [6.45, 7) is 12.1. The number of hydrogen-bond acceptors (Lipinski definition) is 2. The van der Waals surface area contributed by atoms with Crippen LogP contribution in [0.4, 0.5) is 0 Å². The molecule has 104 valence electrons. The average Bonchev–Trinajstić information content (AvgIpc) is 2.65. The van der Waals surface area contributed by atoms with E-state index in [-0.39, 0.29) is 0 Å². The zero-order valence-electron chi connectivity index (χ0n) is 12.2. The van der Waals surface area contributed by atoms with Crippen LogP contribution >= 0.6 is 15.9 Å². The maximum Gasteiger partial charge on any atom is 0.0635 e. The van der Waals surface area contributed by atoms with Crippen molar-refractivity contribution in [3.63, 3.8) is 0 Å². The maximum absolute atomic E-state index is 4.43. The molecule has 0 aliphatic carbocycles. The summed E-state index contributed by atoms with van der Waals surface area (Å²) in [7, 11) is 0. The smallest absolute Gasteiger partial charge is 0.0635 e. The van der Waals surface area contributed by atoms with E-state index in [0.717, 1.165) is 23.9 Å². The van der Waals surface area contributed by atoms with Crippen LogP contribution in [0.25, 0.3) is 0 Å². The molecule has 3 nitrogen and oxygen atoms in total. The molecule has 1 unspecified atom stereocenters. The lowest BCUT2D eigenvalue weighted by molar-refractivity contribution is 0.378. The topological polar surface area (TPSA) is 29.9 Å². The predicted octanol–water partition coefficient (Wildman–Crippen LogP) is 3.79. The molecular formula is C14H26BrN3. The van der Waals surface area contributed by atoms with E-state index >= 15 is 0 Å². The molecule has 1 N–H and O–H groups in total. The van der Waals surface area contributed by atoms with E-state index in [1.54, 1.807) is 0 Å². The quantitative estimate of drug-likeness (QED) is 0.829. The van der Waals surface area contributed by atoms with Gasteiger partial charge in [-0.3, -0.25) is 4.68 Å². The Kier molecular flexibility index (Phi) is 6.36. The molecule has 1 atom stereocenters. The van der Waals surface area contributed by atoms with Crippen LogP contribution in [0.1, 0.15) is 52.8 Å². The highest BCUT2D eigenvalue weighted by molar-refractivity contribution is 9.10. The monoisotopic (exact) mass is 315 g/mol. The second-order valence-electron chi connectivity index (χ2n) is 5.42. The first kappa shape index (κ1) is 15.7. The zero-order valence-corrected chi connectivity index (χ0v) is 13.8. The van der Waals surface area contributed by atoms with Crippen LogP contribution in [0.15, 0.2) is 10.7 Å². The molecule has 0 aliphatic heterocycles. The van der Waals surface area contributed by atoms with E-state index in [9.17, 15) is 0 Å². The largest absolute Gasteiger partial charge is 0.314 e. The molecule has 1 aromatic rings. The molecule has 1 rings (SSSR count). The van der Waals surface area contributed by atoms with Gasteiger partial charge in [-0.25, -0.2) is 0 Å². The van der Waals surface area contributed by atoms with Gasteiger partial charge in [-0.05, 0) is 55.1 Å². The Morgan fingerprint density at radius 3 is 2.50 bits per heavy atom. The Labute approximate surface area is 119 Å². The SMILES string of the molecule is CCNC(CCc1c(Br)cnn1C(C)C)C(C)C. The van der Waals surface area contributed by atoms with Crippen LogP contribution in [0, 0.1) is 5.92 Å². The number of hydrogen-bond donors (Lipinski definition) is 1. The minimum absolute atomic E-state index is 0.419. The molecule has 0 aliphatic rings. The number of aromatic nitrogens is 2. The van der Waals surface area contributed by atoms with Crippen LogP contribution in [0.5, 0.6) is 0 Å². The summed E-state index contributed by atoms with van der Waals surface area (Å²) >= 11 is 3.61. The standard InChI is InChI=1S/C14H26BrN3/c1-6-16-13(10(2)3)7-8-14-12(15)9-17-18(14)11(4)5/h9-11,13,16H,6-8H2,1-5H3. The molecule has 4 heteroatoms. The van der Waals surface area contributed by atoms with Gasteiger partial charge in [-0.2, -0.15) is 5.10 Å². The summed E-state index contributed by atoms with van der Waals surface area (Å²) in [5.41, 5.74) is 1.31. The Bertz CT molecular complexity index is 358. The molecule has 1 heterocycles. The van der Waals surface area contributed by atoms with Crippen molar-refractivity contribution in [2.75, 3.05) is 6.54 Å². The van der Waals surface area contributed by atoms with Crippen molar-refractivity contribution in [3.05, 3.63) is 16.4 Å². The molecule has 0 radical (unpaired) electrons. The fourth-order valence-electron chi connectivity index (χ4n) is 2.27. The van der Waals surface area contributed by atoms with Crippen LogP contribution in [-0.2, 0) is 6.42 Å². The molecule has 0 bridgehead atoms. The normalized spacial score (nSPS) is 13.6. The van der Waals surface area contributed by atoms with E-state index in [0.29, 0.717) is 18.0 Å². The highest BCUT2D eigenvalue weighted by atomic mass is 79.9. The van der Waals surface area contributed by atoms with Gasteiger partial charge >= 0.3 is 0 Å². The summed E-state index contributed by atoms with van der Waals surface area (Å²) in [5, 5.41) is 8.00. The third-order valence-electron chi connectivity index (χ3n) is 3.30. The minimum Gasteiger partial charge on any atom is -0.314 e. The van der Waals surface area contributed by atoms with Gasteiger partial charge in [0.15, 0.2) is 0 Å². The van der Waals surface area contributed by atoms with E-state index in [2.05, 4.69) is 65.6 Å². The van der Waals surface area contributed by atoms with Gasteiger partial charge in [0.2, 0.25) is 0 Å². The van der Waals surface area contributed by atoms with Gasteiger partial charge in [0.25, 0.3) is 0 Å². The second-order valence-corrected chi connectivity index (χ2v) is 6.28. The van der Waals surface area contributed by atoms with Gasteiger partial charge < -0.3 is 5.32 Å². The number of rotatable bonds is 7. The first-order valence-electron chi connectivity index (χ1n) is 6.92. The lowest BCUT2D eigenvalue weighted by atomic mass is 9.98. The molecule has 0 amide bonds. The molecule has 18 heavy (non-hydrogen) atoms. The summed E-state index contributed by atoms with van der Waals surface area (Å²) in [5.74, 6) is 0.666. The van der Waals surface area contributed by atoms with Crippen molar-refractivity contribution in [2.24, 2.45) is 5.92 Å². The third kappa shape index (κ3) is 4.09. The van der Waals surface area contributed by atoms with E-state index < -0.39 is 0 Å². The van der Waals surface area contributed by atoms with Crippen molar-refractivity contribution in [3.8, 4) is 0 Å². The molecule has 0 saturated carbocycles. The summed E-state index contributed by atoms with van der Waals surface area (Å²) in [6, 6.07) is 1.00. The fraction of sp³-hybridized carbons (Fsp3) is 0.786. The molecule has 0 spiro atoms. The van der Waals surface area contributed by atoms with Crippen LogP contribution < -0.4 is 5.32 Å². The second kappa shape index (κ2) is 7.29. The highest BCUT2D eigenvalue weighted by Crippen LogP contribution is 2.22. The molecule has 0 fully saturated rings. The fourth-order valence-corrected chi connectivity index (χ4v) is 2.74. The van der Waals surface area contributed by atoms with Crippen molar-refractivity contribution in [1.82, 2.24) is 15.1 Å². The number of nitrogens with zero attached hydrogens (tertiary/aromatic N) is 2. The maximum atomic E-state index is 4.43. The molecule has 1 aromatic heterocycles. The van der Waals surface area contributed by atoms with Crippen LogP contribution in [-0.4, -0.2) is 22.4 Å². The van der Waals surface area contributed by atoms with Gasteiger partial charge in [0, 0.05) is 12.1 Å². The van der Waals surface area contributed by atoms with Crippen molar-refractivity contribution in [2.45, 2.75) is 59.5 Å². The molecule has 0 aromatic carbocycles. The van der Waals surface area contributed by atoms with Crippen molar-refractivity contribution in [1.29, 1.82) is 0 Å². The Morgan fingerprint density at radius 1 is 1.33 bits per heavy atom. The zero-order chi connectivity index (χ0) is 13.7. The summed E-state index contributed by atoms with van der Waals surface area (Å²) in [6.07, 6.45) is 4.13. The Hall–Kier alpha value is -0.350. The van der Waals surface area contributed by atoms with Crippen molar-refractivity contribution >= 4 is 15.9 Å². The van der Waals surface area contributed by atoms with E-state index in [1.165, 1.54) is 5.69 Å². The van der Waals surface area contributed by atoms with Gasteiger partial charge in [0.05, 0.1) is 16.4 Å². The predicted molar refractivity (Wildman–Crippen MR) is 80.9 cm³/mol. The Balaban J connectivity index is 2.69. The first-order chi connectivity index (χ1) is 8.47. The number of nitrogens with one attached hydrogen (secondary N) is 1. The number of halogens is 1. The van der Waals surface area contributed by atoms with Gasteiger partial charge in [0.1, 0.15) is 0 Å². The van der Waals surface area contributed by atoms with Crippen LogP contribution in [0.3, 0.4) is 0 Å². The van der Waals surface area contributed by atoms with E-state index in [1.807, 2.05) is 6.20 Å². The molecular weight excluding hydrogens is 290 g/mol.